The Morgan fingerprint density at radius 3 is 2.71 bits per heavy atom. The number of carboxylic acid groups (broad SMARTS) is 1. The first-order chi connectivity index (χ1) is 9.95. The van der Waals surface area contributed by atoms with Crippen LogP contribution < -0.4 is 10.6 Å². The monoisotopic (exact) mass is 289 g/mol. The topological polar surface area (TPSA) is 109 Å². The van der Waals surface area contributed by atoms with Gasteiger partial charge in [-0.15, -0.1) is 0 Å². The smallest absolute Gasteiger partial charge is 0.335 e. The number of hydrogen-bond acceptors (Lipinski definition) is 4. The van der Waals surface area contributed by atoms with E-state index in [1.54, 1.807) is 31.0 Å². The first-order valence-electron chi connectivity index (χ1n) is 6.19. The molecule has 110 valence electrons. The number of amides is 2. The molecule has 0 radical (unpaired) electrons. The molecule has 21 heavy (non-hydrogen) atoms. The van der Waals surface area contributed by atoms with Gasteiger partial charge in [-0.05, 0) is 30.7 Å². The second kappa shape index (κ2) is 6.04. The lowest BCUT2D eigenvalue weighted by atomic mass is 10.1. The summed E-state index contributed by atoms with van der Waals surface area (Å²) in [5.74, 6) is -0.499. The highest BCUT2D eigenvalue weighted by molar-refractivity contribution is 5.92. The summed E-state index contributed by atoms with van der Waals surface area (Å²) in [4.78, 5) is 26.6. The molecule has 2 aromatic rings. The van der Waals surface area contributed by atoms with Crippen LogP contribution in [0.2, 0.25) is 0 Å². The van der Waals surface area contributed by atoms with Gasteiger partial charge in [-0.1, -0.05) is 0 Å². The van der Waals surface area contributed by atoms with Gasteiger partial charge in [0.2, 0.25) is 0 Å². The normalized spacial score (nSPS) is 10.2. The molecule has 0 aliphatic heterocycles. The van der Waals surface area contributed by atoms with Crippen molar-refractivity contribution in [3.8, 4) is 0 Å². The standard InChI is InChI=1S/C13H15N5O3/c1-8-5-9(12(19)20)3-4-10(8)16-13(21)14-6-11-15-7-18(2)17-11/h3-5,7H,6H2,1-2H3,(H,19,20)(H2,14,16,21). The van der Waals surface area contributed by atoms with Crippen molar-refractivity contribution in [3.63, 3.8) is 0 Å². The van der Waals surface area contributed by atoms with Crippen LogP contribution in [0.15, 0.2) is 24.5 Å². The van der Waals surface area contributed by atoms with Gasteiger partial charge >= 0.3 is 12.0 Å². The van der Waals surface area contributed by atoms with Crippen LogP contribution in [0.4, 0.5) is 10.5 Å². The van der Waals surface area contributed by atoms with Crippen molar-refractivity contribution in [2.75, 3.05) is 5.32 Å². The van der Waals surface area contributed by atoms with E-state index in [0.717, 1.165) is 0 Å². The molecule has 8 nitrogen and oxygen atoms in total. The van der Waals surface area contributed by atoms with Crippen LogP contribution in [0.1, 0.15) is 21.7 Å². The van der Waals surface area contributed by atoms with Gasteiger partial charge in [-0.3, -0.25) is 4.68 Å². The minimum absolute atomic E-state index is 0.177. The summed E-state index contributed by atoms with van der Waals surface area (Å²) in [6, 6.07) is 4.08. The number of aromatic carboxylic acids is 1. The molecule has 0 aliphatic carbocycles. The molecule has 3 N–H and O–H groups in total. The van der Waals surface area contributed by atoms with E-state index in [4.69, 9.17) is 5.11 Å². The number of nitrogens with zero attached hydrogens (tertiary/aromatic N) is 3. The molecule has 0 spiro atoms. The Labute approximate surface area is 120 Å². The Balaban J connectivity index is 1.94. The van der Waals surface area contributed by atoms with E-state index < -0.39 is 12.0 Å². The summed E-state index contributed by atoms with van der Waals surface area (Å²) in [7, 11) is 1.74. The van der Waals surface area contributed by atoms with Crippen LogP contribution in [0, 0.1) is 6.92 Å². The first-order valence-corrected chi connectivity index (χ1v) is 6.19. The lowest BCUT2D eigenvalue weighted by molar-refractivity contribution is 0.0697. The first kappa shape index (κ1) is 14.5. The maximum absolute atomic E-state index is 11.8. The molecule has 0 fully saturated rings. The molecule has 0 bridgehead atoms. The zero-order valence-corrected chi connectivity index (χ0v) is 11.6. The van der Waals surface area contributed by atoms with Gasteiger partial charge < -0.3 is 15.7 Å². The number of benzene rings is 1. The number of nitrogens with one attached hydrogen (secondary N) is 2. The predicted molar refractivity (Wildman–Crippen MR) is 75.0 cm³/mol. The number of anilines is 1. The number of carboxylic acids is 1. The minimum Gasteiger partial charge on any atom is -0.478 e. The summed E-state index contributed by atoms with van der Waals surface area (Å²) in [6.07, 6.45) is 1.55. The van der Waals surface area contributed by atoms with E-state index in [0.29, 0.717) is 17.1 Å². The van der Waals surface area contributed by atoms with Crippen molar-refractivity contribution in [3.05, 3.63) is 41.5 Å². The molecule has 2 rings (SSSR count). The SMILES string of the molecule is Cc1cc(C(=O)O)ccc1NC(=O)NCc1ncn(C)n1. The van der Waals surface area contributed by atoms with Crippen molar-refractivity contribution in [1.82, 2.24) is 20.1 Å². The molecule has 0 unspecified atom stereocenters. The van der Waals surface area contributed by atoms with Crippen LogP contribution in [0.25, 0.3) is 0 Å². The lowest BCUT2D eigenvalue weighted by Crippen LogP contribution is -2.29. The van der Waals surface area contributed by atoms with Crippen LogP contribution in [-0.4, -0.2) is 31.9 Å². The van der Waals surface area contributed by atoms with Crippen molar-refractivity contribution < 1.29 is 14.7 Å². The third-order valence-corrected chi connectivity index (χ3v) is 2.78. The van der Waals surface area contributed by atoms with Crippen LogP contribution in [-0.2, 0) is 13.6 Å². The fourth-order valence-corrected chi connectivity index (χ4v) is 1.73. The summed E-state index contributed by atoms with van der Waals surface area (Å²) in [5, 5.41) is 18.2. The van der Waals surface area contributed by atoms with Crippen LogP contribution >= 0.6 is 0 Å². The van der Waals surface area contributed by atoms with Gasteiger partial charge in [-0.25, -0.2) is 14.6 Å². The average molecular weight is 289 g/mol. The molecule has 2 amide bonds. The molecular formula is C13H15N5O3. The van der Waals surface area contributed by atoms with E-state index in [1.807, 2.05) is 0 Å². The highest BCUT2D eigenvalue weighted by Crippen LogP contribution is 2.16. The molecule has 1 heterocycles. The number of urea groups is 1. The maximum Gasteiger partial charge on any atom is 0.335 e. The van der Waals surface area contributed by atoms with E-state index in [1.165, 1.54) is 12.1 Å². The van der Waals surface area contributed by atoms with E-state index in [-0.39, 0.29) is 12.1 Å². The zero-order chi connectivity index (χ0) is 15.4. The second-order valence-corrected chi connectivity index (χ2v) is 4.48. The largest absolute Gasteiger partial charge is 0.478 e. The third kappa shape index (κ3) is 3.78. The number of rotatable bonds is 4. The van der Waals surface area contributed by atoms with Crippen molar-refractivity contribution in [2.24, 2.45) is 7.05 Å². The molecule has 1 aromatic carbocycles. The van der Waals surface area contributed by atoms with Gasteiger partial charge in [0.1, 0.15) is 6.33 Å². The molecule has 0 aliphatic rings. The Morgan fingerprint density at radius 2 is 2.14 bits per heavy atom. The minimum atomic E-state index is -1.00. The number of aryl methyl sites for hydroxylation is 2. The van der Waals surface area contributed by atoms with E-state index in [2.05, 4.69) is 20.7 Å². The molecule has 0 saturated heterocycles. The zero-order valence-electron chi connectivity index (χ0n) is 11.6. The highest BCUT2D eigenvalue weighted by Gasteiger charge is 2.08. The quantitative estimate of drug-likeness (QED) is 0.782. The summed E-state index contributed by atoms with van der Waals surface area (Å²) >= 11 is 0. The molecule has 8 heteroatoms. The van der Waals surface area contributed by atoms with Crippen molar-refractivity contribution >= 4 is 17.7 Å². The number of hydrogen-bond donors (Lipinski definition) is 3. The Morgan fingerprint density at radius 1 is 1.38 bits per heavy atom. The summed E-state index contributed by atoms with van der Waals surface area (Å²) < 4.78 is 1.55. The second-order valence-electron chi connectivity index (χ2n) is 4.48. The van der Waals surface area contributed by atoms with Gasteiger partial charge in [0.15, 0.2) is 5.82 Å². The summed E-state index contributed by atoms with van der Waals surface area (Å²) in [6.45, 7) is 1.93. The van der Waals surface area contributed by atoms with Crippen LogP contribution in [0.5, 0.6) is 0 Å². The van der Waals surface area contributed by atoms with Crippen molar-refractivity contribution in [2.45, 2.75) is 13.5 Å². The highest BCUT2D eigenvalue weighted by atomic mass is 16.4. The van der Waals surface area contributed by atoms with Gasteiger partial charge in [0, 0.05) is 12.7 Å². The molecule has 0 atom stereocenters. The lowest BCUT2D eigenvalue weighted by Gasteiger charge is -2.09. The average Bonchev–Trinajstić information content (AvgIpc) is 2.84. The maximum atomic E-state index is 11.8. The number of carbonyl (C=O) groups excluding carboxylic acids is 1. The number of aromatic nitrogens is 3. The Kier molecular flexibility index (Phi) is 4.17. The third-order valence-electron chi connectivity index (χ3n) is 2.78. The number of carbonyl (C=O) groups is 2. The van der Waals surface area contributed by atoms with Gasteiger partial charge in [-0.2, -0.15) is 5.10 Å². The Hall–Kier alpha value is -2.90. The summed E-state index contributed by atoms with van der Waals surface area (Å²) in [5.41, 5.74) is 1.39. The van der Waals surface area contributed by atoms with Crippen molar-refractivity contribution in [1.29, 1.82) is 0 Å². The van der Waals surface area contributed by atoms with E-state index >= 15 is 0 Å². The van der Waals surface area contributed by atoms with Crippen LogP contribution in [0.3, 0.4) is 0 Å². The fourth-order valence-electron chi connectivity index (χ4n) is 1.73. The van der Waals surface area contributed by atoms with Gasteiger partial charge in [0.25, 0.3) is 0 Å². The Bertz CT molecular complexity index is 680. The van der Waals surface area contributed by atoms with Gasteiger partial charge in [0.05, 0.1) is 12.1 Å². The predicted octanol–water partition coefficient (Wildman–Crippen LogP) is 1.14. The molecule has 1 aromatic heterocycles. The molecular weight excluding hydrogens is 274 g/mol. The fraction of sp³-hybridized carbons (Fsp3) is 0.231. The van der Waals surface area contributed by atoms with E-state index in [9.17, 15) is 9.59 Å². The molecule has 0 saturated carbocycles.